The molecule has 1 aliphatic carbocycles. The average molecular weight is 380 g/mol. The third kappa shape index (κ3) is 4.25. The van der Waals surface area contributed by atoms with Gasteiger partial charge in [0.25, 0.3) is 5.91 Å². The Kier molecular flexibility index (Phi) is 5.06. The number of amides is 1. The first-order chi connectivity index (χ1) is 12.3. The van der Waals surface area contributed by atoms with Gasteiger partial charge in [0, 0.05) is 11.6 Å². The van der Waals surface area contributed by atoms with Crippen molar-refractivity contribution in [3.05, 3.63) is 65.2 Å². The van der Waals surface area contributed by atoms with Crippen LogP contribution in [0.15, 0.2) is 47.4 Å². The van der Waals surface area contributed by atoms with E-state index in [1.165, 1.54) is 30.3 Å². The predicted octanol–water partition coefficient (Wildman–Crippen LogP) is 2.90. The van der Waals surface area contributed by atoms with Crippen molar-refractivity contribution in [1.29, 1.82) is 0 Å². The lowest BCUT2D eigenvalue weighted by Gasteiger charge is -2.15. The van der Waals surface area contributed by atoms with Crippen molar-refractivity contribution in [2.45, 2.75) is 36.7 Å². The third-order valence-corrected chi connectivity index (χ3v) is 5.65. The number of hydrogen-bond acceptors (Lipinski definition) is 3. The number of halogens is 2. The maximum absolute atomic E-state index is 13.3. The molecule has 0 saturated heterocycles. The van der Waals surface area contributed by atoms with Gasteiger partial charge in [-0.05, 0) is 61.7 Å². The highest BCUT2D eigenvalue weighted by Gasteiger charge is 2.28. The van der Waals surface area contributed by atoms with Gasteiger partial charge >= 0.3 is 0 Å². The summed E-state index contributed by atoms with van der Waals surface area (Å²) in [7, 11) is -3.57. The van der Waals surface area contributed by atoms with E-state index in [1.54, 1.807) is 6.92 Å². The molecule has 1 amide bonds. The topological polar surface area (TPSA) is 75.3 Å². The molecule has 0 aliphatic heterocycles. The van der Waals surface area contributed by atoms with E-state index in [-0.39, 0.29) is 16.5 Å². The van der Waals surface area contributed by atoms with Crippen molar-refractivity contribution in [2.75, 3.05) is 0 Å². The summed E-state index contributed by atoms with van der Waals surface area (Å²) >= 11 is 0. The van der Waals surface area contributed by atoms with E-state index in [1.807, 2.05) is 0 Å². The van der Waals surface area contributed by atoms with Crippen LogP contribution in [-0.2, 0) is 10.0 Å². The smallest absolute Gasteiger partial charge is 0.251 e. The minimum Gasteiger partial charge on any atom is -0.346 e. The van der Waals surface area contributed by atoms with Crippen LogP contribution < -0.4 is 10.0 Å². The van der Waals surface area contributed by atoms with E-state index >= 15 is 0 Å². The van der Waals surface area contributed by atoms with Gasteiger partial charge < -0.3 is 5.32 Å². The van der Waals surface area contributed by atoms with Crippen LogP contribution in [-0.4, -0.2) is 20.4 Å². The fraction of sp³-hybridized carbons (Fsp3) is 0.278. The van der Waals surface area contributed by atoms with Gasteiger partial charge in [0.1, 0.15) is 0 Å². The van der Waals surface area contributed by atoms with E-state index in [4.69, 9.17) is 0 Å². The molecule has 2 aromatic carbocycles. The summed E-state index contributed by atoms with van der Waals surface area (Å²) in [4.78, 5) is 12.4. The second kappa shape index (κ2) is 7.13. The standard InChI is InChI=1S/C18H18F2N2O3S/c1-11(13-4-9-16(19)17(20)10-13)21-18(23)12-2-7-15(8-3-12)26(24,25)22-14-5-6-14/h2-4,7-11,14,22H,5-6H2,1H3,(H,21,23). The van der Waals surface area contributed by atoms with Gasteiger partial charge in [-0.1, -0.05) is 6.07 Å². The summed E-state index contributed by atoms with van der Waals surface area (Å²) in [5.74, 6) is -2.38. The molecule has 1 fully saturated rings. The molecule has 2 aromatic rings. The SMILES string of the molecule is CC(NC(=O)c1ccc(S(=O)(=O)NC2CC2)cc1)c1ccc(F)c(F)c1. The fourth-order valence-electron chi connectivity index (χ4n) is 2.42. The molecule has 0 aromatic heterocycles. The van der Waals surface area contributed by atoms with Crippen molar-refractivity contribution in [2.24, 2.45) is 0 Å². The van der Waals surface area contributed by atoms with Crippen LogP contribution in [0.4, 0.5) is 8.78 Å². The molecule has 1 saturated carbocycles. The summed E-state index contributed by atoms with van der Waals surface area (Å²) < 4.78 is 53.1. The summed E-state index contributed by atoms with van der Waals surface area (Å²) in [6.45, 7) is 1.64. The van der Waals surface area contributed by atoms with Crippen molar-refractivity contribution < 1.29 is 22.0 Å². The highest BCUT2D eigenvalue weighted by Crippen LogP contribution is 2.22. The normalized spacial score (nSPS) is 15.5. The summed E-state index contributed by atoms with van der Waals surface area (Å²) in [6.07, 6.45) is 1.67. The fourth-order valence-corrected chi connectivity index (χ4v) is 3.72. The summed E-state index contributed by atoms with van der Waals surface area (Å²) in [5.41, 5.74) is 0.690. The highest BCUT2D eigenvalue weighted by atomic mass is 32.2. The van der Waals surface area contributed by atoms with Crippen LogP contribution in [0.25, 0.3) is 0 Å². The molecule has 1 aliphatic rings. The number of nitrogens with one attached hydrogen (secondary N) is 2. The molecule has 5 nitrogen and oxygen atoms in total. The largest absolute Gasteiger partial charge is 0.346 e. The minimum atomic E-state index is -3.57. The molecule has 0 radical (unpaired) electrons. The van der Waals surface area contributed by atoms with E-state index in [9.17, 15) is 22.0 Å². The number of sulfonamides is 1. The molecule has 3 rings (SSSR count). The number of benzene rings is 2. The first-order valence-corrected chi connectivity index (χ1v) is 9.63. The molecule has 0 heterocycles. The number of carbonyl (C=O) groups is 1. The Labute approximate surface area is 150 Å². The van der Waals surface area contributed by atoms with Crippen LogP contribution >= 0.6 is 0 Å². The summed E-state index contributed by atoms with van der Waals surface area (Å²) in [5, 5.41) is 2.67. The Morgan fingerprint density at radius 3 is 2.31 bits per heavy atom. The van der Waals surface area contributed by atoms with Gasteiger partial charge in [-0.25, -0.2) is 21.9 Å². The minimum absolute atomic E-state index is 0.0000654. The molecule has 1 unspecified atom stereocenters. The van der Waals surface area contributed by atoms with Crippen LogP contribution in [0.5, 0.6) is 0 Å². The zero-order valence-corrected chi connectivity index (χ0v) is 14.8. The highest BCUT2D eigenvalue weighted by molar-refractivity contribution is 7.89. The van der Waals surface area contributed by atoms with Crippen LogP contribution in [0.2, 0.25) is 0 Å². The van der Waals surface area contributed by atoms with Gasteiger partial charge in [0.15, 0.2) is 11.6 Å². The zero-order valence-electron chi connectivity index (χ0n) is 14.0. The zero-order chi connectivity index (χ0) is 18.9. The lowest BCUT2D eigenvalue weighted by Crippen LogP contribution is -2.27. The molecular weight excluding hydrogens is 362 g/mol. The Hall–Kier alpha value is -2.32. The quantitative estimate of drug-likeness (QED) is 0.809. The molecule has 1 atom stereocenters. The average Bonchev–Trinajstić information content (AvgIpc) is 3.40. The lowest BCUT2D eigenvalue weighted by molar-refractivity contribution is 0.0939. The lowest BCUT2D eigenvalue weighted by atomic mass is 10.1. The monoisotopic (exact) mass is 380 g/mol. The van der Waals surface area contributed by atoms with Gasteiger partial charge in [-0.2, -0.15) is 0 Å². The maximum atomic E-state index is 13.3. The van der Waals surface area contributed by atoms with Crippen molar-refractivity contribution in [3.63, 3.8) is 0 Å². The molecule has 26 heavy (non-hydrogen) atoms. The predicted molar refractivity (Wildman–Crippen MR) is 92.0 cm³/mol. The van der Waals surface area contributed by atoms with Gasteiger partial charge in [0.05, 0.1) is 10.9 Å². The van der Waals surface area contributed by atoms with Gasteiger partial charge in [0.2, 0.25) is 10.0 Å². The van der Waals surface area contributed by atoms with Gasteiger partial charge in [-0.3, -0.25) is 4.79 Å². The Bertz CT molecular complexity index is 926. The first-order valence-electron chi connectivity index (χ1n) is 8.14. The molecule has 8 heteroatoms. The molecule has 2 N–H and O–H groups in total. The Morgan fingerprint density at radius 2 is 1.73 bits per heavy atom. The molecular formula is C18H18F2N2O3S. The summed E-state index contributed by atoms with van der Waals surface area (Å²) in [6, 6.07) is 8.42. The molecule has 0 spiro atoms. The van der Waals surface area contributed by atoms with E-state index in [2.05, 4.69) is 10.0 Å². The maximum Gasteiger partial charge on any atom is 0.251 e. The number of carbonyl (C=O) groups excluding carboxylic acids is 1. The first kappa shape index (κ1) is 18.5. The van der Waals surface area contributed by atoms with Crippen LogP contribution in [0, 0.1) is 11.6 Å². The molecule has 138 valence electrons. The van der Waals surface area contributed by atoms with Gasteiger partial charge in [-0.15, -0.1) is 0 Å². The van der Waals surface area contributed by atoms with E-state index in [0.717, 1.165) is 25.0 Å². The van der Waals surface area contributed by atoms with Crippen LogP contribution in [0.1, 0.15) is 41.7 Å². The Morgan fingerprint density at radius 1 is 1.08 bits per heavy atom. The van der Waals surface area contributed by atoms with E-state index < -0.39 is 33.6 Å². The second-order valence-electron chi connectivity index (χ2n) is 6.29. The second-order valence-corrected chi connectivity index (χ2v) is 8.00. The Balaban J connectivity index is 1.68. The molecule has 0 bridgehead atoms. The van der Waals surface area contributed by atoms with Crippen molar-refractivity contribution in [3.8, 4) is 0 Å². The van der Waals surface area contributed by atoms with Crippen LogP contribution in [0.3, 0.4) is 0 Å². The number of rotatable bonds is 6. The number of hydrogen-bond donors (Lipinski definition) is 2. The third-order valence-electron chi connectivity index (χ3n) is 4.12. The van der Waals surface area contributed by atoms with E-state index in [0.29, 0.717) is 5.56 Å². The van der Waals surface area contributed by atoms with Crippen molar-refractivity contribution in [1.82, 2.24) is 10.0 Å². The van der Waals surface area contributed by atoms with Crippen molar-refractivity contribution >= 4 is 15.9 Å².